The Morgan fingerprint density at radius 3 is 2.50 bits per heavy atom. The summed E-state index contributed by atoms with van der Waals surface area (Å²) < 4.78 is 0. The van der Waals surface area contributed by atoms with Gasteiger partial charge in [0.2, 0.25) is 5.91 Å². The highest BCUT2D eigenvalue weighted by Crippen LogP contribution is 2.29. The van der Waals surface area contributed by atoms with Gasteiger partial charge in [-0.1, -0.05) is 38.1 Å². The van der Waals surface area contributed by atoms with Crippen molar-refractivity contribution in [3.8, 4) is 0 Å². The maximum Gasteiger partial charge on any atom is 0.238 e. The van der Waals surface area contributed by atoms with E-state index in [1.165, 1.54) is 0 Å². The minimum Gasteiger partial charge on any atom is -0.409 e. The van der Waals surface area contributed by atoms with Crippen LogP contribution in [0, 0.1) is 5.41 Å². The maximum absolute atomic E-state index is 12.5. The first-order valence-corrected chi connectivity index (χ1v) is 6.92. The number of nitrogens with zero attached hydrogens (tertiary/aromatic N) is 1. The first-order chi connectivity index (χ1) is 9.53. The second-order valence-corrected chi connectivity index (χ2v) is 4.78. The third-order valence-electron chi connectivity index (χ3n) is 3.83. The predicted octanol–water partition coefficient (Wildman–Crippen LogP) is 2.74. The highest BCUT2D eigenvalue weighted by molar-refractivity contribution is 6.11. The molecule has 0 spiro atoms. The largest absolute Gasteiger partial charge is 0.409 e. The maximum atomic E-state index is 12.5. The molecule has 5 nitrogen and oxygen atoms in total. The van der Waals surface area contributed by atoms with Crippen molar-refractivity contribution >= 4 is 17.4 Å². The summed E-state index contributed by atoms with van der Waals surface area (Å²) in [6.45, 7) is 5.76. The topological polar surface area (TPSA) is 87.7 Å². The number of rotatable bonds is 6. The van der Waals surface area contributed by atoms with Gasteiger partial charge in [-0.3, -0.25) is 4.79 Å². The van der Waals surface area contributed by atoms with Crippen LogP contribution in [0.25, 0.3) is 0 Å². The van der Waals surface area contributed by atoms with E-state index in [9.17, 15) is 4.79 Å². The summed E-state index contributed by atoms with van der Waals surface area (Å²) in [4.78, 5) is 12.5. The predicted molar refractivity (Wildman–Crippen MR) is 80.9 cm³/mol. The summed E-state index contributed by atoms with van der Waals surface area (Å²) in [7, 11) is 0. The Balaban J connectivity index is 3.02. The molecule has 0 unspecified atom stereocenters. The molecule has 1 amide bonds. The fraction of sp³-hybridized carbons (Fsp3) is 0.467. The molecule has 1 rings (SSSR count). The monoisotopic (exact) mass is 277 g/mol. The summed E-state index contributed by atoms with van der Waals surface area (Å²) in [6, 6.07) is 7.67. The third-order valence-corrected chi connectivity index (χ3v) is 3.83. The lowest BCUT2D eigenvalue weighted by Crippen LogP contribution is -2.46. The quantitative estimate of drug-likeness (QED) is 0.323. The summed E-state index contributed by atoms with van der Waals surface area (Å²) >= 11 is 0. The molecule has 110 valence electrons. The molecule has 1 aromatic carbocycles. The zero-order valence-electron chi connectivity index (χ0n) is 12.3. The van der Waals surface area contributed by atoms with Gasteiger partial charge in [-0.15, -0.1) is 0 Å². The SMILES string of the molecule is CCc1cccc(NC(=O)C(CC)(CC)C(N)=NO)c1. The normalized spacial score (nSPS) is 12.2. The second kappa shape index (κ2) is 6.93. The van der Waals surface area contributed by atoms with Gasteiger partial charge in [0.25, 0.3) is 0 Å². The number of anilines is 1. The molecule has 0 saturated carbocycles. The van der Waals surface area contributed by atoms with Crippen LogP contribution in [0.2, 0.25) is 0 Å². The van der Waals surface area contributed by atoms with Gasteiger partial charge in [-0.05, 0) is 37.0 Å². The van der Waals surface area contributed by atoms with E-state index in [1.54, 1.807) is 0 Å². The molecule has 0 aliphatic heterocycles. The second-order valence-electron chi connectivity index (χ2n) is 4.78. The fourth-order valence-corrected chi connectivity index (χ4v) is 2.27. The Hall–Kier alpha value is -2.04. The van der Waals surface area contributed by atoms with Crippen molar-refractivity contribution in [2.75, 3.05) is 5.32 Å². The lowest BCUT2D eigenvalue weighted by Gasteiger charge is -2.28. The number of amides is 1. The smallest absolute Gasteiger partial charge is 0.238 e. The summed E-state index contributed by atoms with van der Waals surface area (Å²) in [6.07, 6.45) is 1.84. The van der Waals surface area contributed by atoms with Crippen LogP contribution >= 0.6 is 0 Å². The molecule has 0 radical (unpaired) electrons. The van der Waals surface area contributed by atoms with Crippen molar-refractivity contribution in [2.24, 2.45) is 16.3 Å². The van der Waals surface area contributed by atoms with Gasteiger partial charge in [0.05, 0.1) is 0 Å². The van der Waals surface area contributed by atoms with Crippen molar-refractivity contribution < 1.29 is 10.0 Å². The Bertz CT molecular complexity index is 494. The van der Waals surface area contributed by atoms with E-state index in [1.807, 2.05) is 38.1 Å². The van der Waals surface area contributed by atoms with Crippen LogP contribution in [0.3, 0.4) is 0 Å². The van der Waals surface area contributed by atoms with Crippen LogP contribution in [-0.2, 0) is 11.2 Å². The van der Waals surface area contributed by atoms with Gasteiger partial charge >= 0.3 is 0 Å². The van der Waals surface area contributed by atoms with Crippen LogP contribution in [0.1, 0.15) is 39.2 Å². The van der Waals surface area contributed by atoms with Crippen molar-refractivity contribution in [3.05, 3.63) is 29.8 Å². The molecule has 0 aliphatic rings. The molecule has 0 heterocycles. The number of nitrogens with two attached hydrogens (primary N) is 1. The minimum absolute atomic E-state index is 0.0494. The number of amidine groups is 1. The lowest BCUT2D eigenvalue weighted by atomic mass is 9.80. The average molecular weight is 277 g/mol. The van der Waals surface area contributed by atoms with Crippen molar-refractivity contribution in [3.63, 3.8) is 0 Å². The molecule has 20 heavy (non-hydrogen) atoms. The first-order valence-electron chi connectivity index (χ1n) is 6.92. The Morgan fingerprint density at radius 2 is 2.00 bits per heavy atom. The number of carbonyl (C=O) groups excluding carboxylic acids is 1. The van der Waals surface area contributed by atoms with Crippen LogP contribution in [0.15, 0.2) is 29.4 Å². The van der Waals surface area contributed by atoms with Gasteiger partial charge in [0.1, 0.15) is 5.41 Å². The van der Waals surface area contributed by atoms with Gasteiger partial charge in [-0.25, -0.2) is 0 Å². The number of benzene rings is 1. The molecule has 5 heteroatoms. The van der Waals surface area contributed by atoms with Crippen molar-refractivity contribution in [1.82, 2.24) is 0 Å². The number of hydrogen-bond donors (Lipinski definition) is 3. The highest BCUT2D eigenvalue weighted by atomic mass is 16.4. The van der Waals surface area contributed by atoms with Crippen LogP contribution in [-0.4, -0.2) is 17.0 Å². The Kier molecular flexibility index (Phi) is 5.55. The zero-order valence-corrected chi connectivity index (χ0v) is 12.3. The Labute approximate surface area is 119 Å². The standard InChI is InChI=1S/C15H23N3O2/c1-4-11-8-7-9-12(10-11)17-14(19)15(5-2,6-3)13(16)18-20/h7-10,20H,4-6H2,1-3H3,(H2,16,18)(H,17,19). The van der Waals surface area contributed by atoms with Crippen molar-refractivity contribution in [2.45, 2.75) is 40.0 Å². The lowest BCUT2D eigenvalue weighted by molar-refractivity contribution is -0.122. The summed E-state index contributed by atoms with van der Waals surface area (Å²) in [5.41, 5.74) is 6.62. The molecule has 0 aromatic heterocycles. The number of hydrogen-bond acceptors (Lipinski definition) is 3. The molecule has 0 atom stereocenters. The van der Waals surface area contributed by atoms with Gasteiger partial charge in [0.15, 0.2) is 5.84 Å². The average Bonchev–Trinajstić information content (AvgIpc) is 2.48. The minimum atomic E-state index is -0.975. The molecule has 0 saturated heterocycles. The van der Waals surface area contributed by atoms with E-state index in [4.69, 9.17) is 10.9 Å². The Morgan fingerprint density at radius 1 is 1.35 bits per heavy atom. The molecule has 0 bridgehead atoms. The highest BCUT2D eigenvalue weighted by Gasteiger charge is 2.39. The van der Waals surface area contributed by atoms with Crippen molar-refractivity contribution in [1.29, 1.82) is 0 Å². The molecule has 4 N–H and O–H groups in total. The van der Waals surface area contributed by atoms with Crippen LogP contribution in [0.5, 0.6) is 0 Å². The summed E-state index contributed by atoms with van der Waals surface area (Å²) in [5.74, 6) is -0.294. The zero-order chi connectivity index (χ0) is 15.2. The molecule has 1 aromatic rings. The van der Waals surface area contributed by atoms with E-state index in [2.05, 4.69) is 17.4 Å². The van der Waals surface area contributed by atoms with E-state index in [-0.39, 0.29) is 11.7 Å². The van der Waals surface area contributed by atoms with Gasteiger partial charge in [0, 0.05) is 5.69 Å². The van der Waals surface area contributed by atoms with Gasteiger partial charge < -0.3 is 16.3 Å². The molecule has 0 fully saturated rings. The van der Waals surface area contributed by atoms with Crippen LogP contribution < -0.4 is 11.1 Å². The molecular weight excluding hydrogens is 254 g/mol. The van der Waals surface area contributed by atoms with E-state index >= 15 is 0 Å². The number of aryl methyl sites for hydroxylation is 1. The number of oxime groups is 1. The molecule has 0 aliphatic carbocycles. The fourth-order valence-electron chi connectivity index (χ4n) is 2.27. The van der Waals surface area contributed by atoms with E-state index in [0.717, 1.165) is 17.7 Å². The van der Waals surface area contributed by atoms with Crippen LogP contribution in [0.4, 0.5) is 5.69 Å². The molecular formula is C15H23N3O2. The van der Waals surface area contributed by atoms with Gasteiger partial charge in [-0.2, -0.15) is 0 Å². The summed E-state index contributed by atoms with van der Waals surface area (Å²) in [5, 5.41) is 14.8. The number of nitrogens with one attached hydrogen (secondary N) is 1. The van der Waals surface area contributed by atoms with E-state index in [0.29, 0.717) is 12.8 Å². The van der Waals surface area contributed by atoms with E-state index < -0.39 is 5.41 Å². The third kappa shape index (κ3) is 3.10. The number of carbonyl (C=O) groups is 1. The first kappa shape index (κ1) is 16.0.